The van der Waals surface area contributed by atoms with Gasteiger partial charge in [-0.05, 0) is 30.9 Å². The molecule has 0 saturated carbocycles. The van der Waals surface area contributed by atoms with Gasteiger partial charge in [0.1, 0.15) is 0 Å². The van der Waals surface area contributed by atoms with Gasteiger partial charge in [0.25, 0.3) is 0 Å². The standard InChI is InChI=1S/C8H10ClNS/c1-5-7(9)3-6(11-2)4-8(5)10/h3-4H,10H2,1-2H3. The Morgan fingerprint density at radius 2 is 2.09 bits per heavy atom. The van der Waals surface area contributed by atoms with E-state index >= 15 is 0 Å². The first kappa shape index (κ1) is 8.75. The first-order valence-corrected chi connectivity index (χ1v) is 4.85. The zero-order chi connectivity index (χ0) is 8.43. The minimum Gasteiger partial charge on any atom is -0.398 e. The van der Waals surface area contributed by atoms with Gasteiger partial charge in [0.15, 0.2) is 0 Å². The lowest BCUT2D eigenvalue weighted by molar-refractivity contribution is 1.38. The molecule has 1 rings (SSSR count). The van der Waals surface area contributed by atoms with Gasteiger partial charge in [0.05, 0.1) is 0 Å². The van der Waals surface area contributed by atoms with Crippen LogP contribution in [0.2, 0.25) is 5.02 Å². The third-order valence-corrected chi connectivity index (χ3v) is 2.69. The van der Waals surface area contributed by atoms with E-state index in [0.717, 1.165) is 21.2 Å². The van der Waals surface area contributed by atoms with Crippen LogP contribution in [0.4, 0.5) is 5.69 Å². The lowest BCUT2D eigenvalue weighted by atomic mass is 10.2. The molecule has 0 amide bonds. The van der Waals surface area contributed by atoms with Crippen molar-refractivity contribution in [3.05, 3.63) is 22.7 Å². The fourth-order valence-corrected chi connectivity index (χ4v) is 1.56. The number of hydrogen-bond acceptors (Lipinski definition) is 2. The summed E-state index contributed by atoms with van der Waals surface area (Å²) in [6.45, 7) is 1.92. The number of nitrogen functional groups attached to an aromatic ring is 1. The Morgan fingerprint density at radius 1 is 1.45 bits per heavy atom. The Morgan fingerprint density at radius 3 is 2.55 bits per heavy atom. The second-order valence-corrected chi connectivity index (χ2v) is 3.61. The van der Waals surface area contributed by atoms with Crippen LogP contribution in [0.5, 0.6) is 0 Å². The molecule has 1 aromatic carbocycles. The maximum atomic E-state index is 5.90. The van der Waals surface area contributed by atoms with Crippen molar-refractivity contribution in [1.29, 1.82) is 0 Å². The van der Waals surface area contributed by atoms with Crippen LogP contribution >= 0.6 is 23.4 Å². The van der Waals surface area contributed by atoms with Crippen LogP contribution in [-0.4, -0.2) is 6.26 Å². The maximum Gasteiger partial charge on any atom is 0.0466 e. The number of rotatable bonds is 1. The van der Waals surface area contributed by atoms with Gasteiger partial charge in [-0.2, -0.15) is 0 Å². The molecule has 0 fully saturated rings. The fourth-order valence-electron chi connectivity index (χ4n) is 0.792. The molecule has 0 radical (unpaired) electrons. The van der Waals surface area contributed by atoms with Crippen molar-refractivity contribution in [2.24, 2.45) is 0 Å². The predicted octanol–water partition coefficient (Wildman–Crippen LogP) is 2.95. The van der Waals surface area contributed by atoms with Crippen LogP contribution in [0.15, 0.2) is 17.0 Å². The fraction of sp³-hybridized carbons (Fsp3) is 0.250. The summed E-state index contributed by atoms with van der Waals surface area (Å²) in [7, 11) is 0. The minimum atomic E-state index is 0.745. The molecule has 0 bridgehead atoms. The normalized spacial score (nSPS) is 10.1. The quantitative estimate of drug-likeness (QED) is 0.541. The molecule has 0 spiro atoms. The van der Waals surface area contributed by atoms with Crippen LogP contribution in [0, 0.1) is 6.92 Å². The van der Waals surface area contributed by atoms with E-state index in [4.69, 9.17) is 17.3 Å². The van der Waals surface area contributed by atoms with Crippen molar-refractivity contribution in [3.8, 4) is 0 Å². The summed E-state index contributed by atoms with van der Waals surface area (Å²) in [4.78, 5) is 1.11. The third-order valence-electron chi connectivity index (χ3n) is 1.59. The number of halogens is 1. The highest BCUT2D eigenvalue weighted by molar-refractivity contribution is 7.98. The largest absolute Gasteiger partial charge is 0.398 e. The van der Waals surface area contributed by atoms with Crippen LogP contribution < -0.4 is 5.73 Å². The molecule has 0 aliphatic carbocycles. The molecule has 0 atom stereocenters. The molecule has 60 valence electrons. The lowest BCUT2D eigenvalue weighted by Gasteiger charge is -2.04. The molecule has 0 aliphatic heterocycles. The van der Waals surface area contributed by atoms with Crippen molar-refractivity contribution >= 4 is 29.1 Å². The van der Waals surface area contributed by atoms with E-state index in [9.17, 15) is 0 Å². The summed E-state index contributed by atoms with van der Waals surface area (Å²) in [5, 5.41) is 0.745. The van der Waals surface area contributed by atoms with Crippen molar-refractivity contribution in [1.82, 2.24) is 0 Å². The Balaban J connectivity index is 3.21. The van der Waals surface area contributed by atoms with E-state index in [2.05, 4.69) is 0 Å². The minimum absolute atomic E-state index is 0.745. The Hall–Kier alpha value is -0.340. The van der Waals surface area contributed by atoms with Crippen LogP contribution in [0.3, 0.4) is 0 Å². The Labute approximate surface area is 75.9 Å². The van der Waals surface area contributed by atoms with Gasteiger partial charge in [-0.3, -0.25) is 0 Å². The van der Waals surface area contributed by atoms with Crippen LogP contribution in [0.25, 0.3) is 0 Å². The van der Waals surface area contributed by atoms with Crippen LogP contribution in [0.1, 0.15) is 5.56 Å². The van der Waals surface area contributed by atoms with E-state index in [-0.39, 0.29) is 0 Å². The number of nitrogens with two attached hydrogens (primary N) is 1. The Bertz CT molecular complexity index is 250. The molecular formula is C8H10ClNS. The highest BCUT2D eigenvalue weighted by atomic mass is 35.5. The molecule has 1 aromatic rings. The van der Waals surface area contributed by atoms with Crippen molar-refractivity contribution in [2.75, 3.05) is 12.0 Å². The molecule has 0 aromatic heterocycles. The molecule has 2 N–H and O–H groups in total. The van der Waals surface area contributed by atoms with E-state index in [1.807, 2.05) is 25.3 Å². The summed E-state index contributed by atoms with van der Waals surface area (Å²) in [6, 6.07) is 3.86. The van der Waals surface area contributed by atoms with Gasteiger partial charge >= 0.3 is 0 Å². The van der Waals surface area contributed by atoms with E-state index < -0.39 is 0 Å². The third kappa shape index (κ3) is 1.82. The molecule has 0 aliphatic rings. The smallest absolute Gasteiger partial charge is 0.0466 e. The second kappa shape index (κ2) is 3.37. The van der Waals surface area contributed by atoms with Gasteiger partial charge in [-0.25, -0.2) is 0 Å². The second-order valence-electron chi connectivity index (χ2n) is 2.32. The summed E-state index contributed by atoms with van der Waals surface area (Å²) in [5.74, 6) is 0. The zero-order valence-corrected chi connectivity index (χ0v) is 8.09. The molecule has 0 unspecified atom stereocenters. The molecule has 0 saturated heterocycles. The maximum absolute atomic E-state index is 5.90. The summed E-state index contributed by atoms with van der Waals surface area (Å²) >= 11 is 7.55. The highest BCUT2D eigenvalue weighted by Gasteiger charge is 2.01. The summed E-state index contributed by atoms with van der Waals surface area (Å²) in [5.41, 5.74) is 7.43. The number of hydrogen-bond donors (Lipinski definition) is 1. The predicted molar refractivity (Wildman–Crippen MR) is 52.4 cm³/mol. The van der Waals surface area contributed by atoms with Crippen molar-refractivity contribution in [3.63, 3.8) is 0 Å². The van der Waals surface area contributed by atoms with Gasteiger partial charge in [-0.1, -0.05) is 11.6 Å². The van der Waals surface area contributed by atoms with E-state index in [0.29, 0.717) is 0 Å². The Kier molecular flexibility index (Phi) is 2.68. The SMILES string of the molecule is CSc1cc(N)c(C)c(Cl)c1. The number of anilines is 1. The number of benzene rings is 1. The topological polar surface area (TPSA) is 26.0 Å². The molecule has 1 nitrogen and oxygen atoms in total. The lowest BCUT2D eigenvalue weighted by Crippen LogP contribution is -1.90. The van der Waals surface area contributed by atoms with Gasteiger partial charge < -0.3 is 5.73 Å². The first-order valence-electron chi connectivity index (χ1n) is 3.24. The highest BCUT2D eigenvalue weighted by Crippen LogP contribution is 2.27. The van der Waals surface area contributed by atoms with Crippen LogP contribution in [-0.2, 0) is 0 Å². The molecule has 3 heteroatoms. The van der Waals surface area contributed by atoms with E-state index in [1.54, 1.807) is 11.8 Å². The first-order chi connectivity index (χ1) is 5.15. The average molecular weight is 188 g/mol. The average Bonchev–Trinajstić information content (AvgIpc) is 1.99. The summed E-state index contributed by atoms with van der Waals surface area (Å²) in [6.07, 6.45) is 2.00. The monoisotopic (exact) mass is 187 g/mol. The summed E-state index contributed by atoms with van der Waals surface area (Å²) < 4.78 is 0. The molecular weight excluding hydrogens is 178 g/mol. The zero-order valence-electron chi connectivity index (χ0n) is 6.52. The van der Waals surface area contributed by atoms with Crippen molar-refractivity contribution in [2.45, 2.75) is 11.8 Å². The van der Waals surface area contributed by atoms with Crippen molar-refractivity contribution < 1.29 is 0 Å². The van der Waals surface area contributed by atoms with Gasteiger partial charge in [0.2, 0.25) is 0 Å². The molecule has 11 heavy (non-hydrogen) atoms. The van der Waals surface area contributed by atoms with Gasteiger partial charge in [-0.15, -0.1) is 11.8 Å². The van der Waals surface area contributed by atoms with E-state index in [1.165, 1.54) is 0 Å². The molecule has 0 heterocycles. The number of thioether (sulfide) groups is 1. The van der Waals surface area contributed by atoms with Gasteiger partial charge in [0, 0.05) is 15.6 Å².